The summed E-state index contributed by atoms with van der Waals surface area (Å²) in [4.78, 5) is 2.05. The molecule has 5 nitrogen and oxygen atoms in total. The lowest BCUT2D eigenvalue weighted by Crippen LogP contribution is -2.51. The Labute approximate surface area is 174 Å². The van der Waals surface area contributed by atoms with Gasteiger partial charge in [-0.05, 0) is 25.0 Å². The fraction of sp³-hybridized carbons (Fsp3) is 0.542. The Morgan fingerprint density at radius 1 is 1.41 bits per heavy atom. The Hall–Kier alpha value is -2.13. The van der Waals surface area contributed by atoms with Crippen molar-refractivity contribution in [1.82, 2.24) is 4.90 Å². The summed E-state index contributed by atoms with van der Waals surface area (Å²) in [5.41, 5.74) is 0.941. The van der Waals surface area contributed by atoms with E-state index in [9.17, 15) is 10.4 Å². The van der Waals surface area contributed by atoms with E-state index in [0.29, 0.717) is 18.7 Å². The summed E-state index contributed by atoms with van der Waals surface area (Å²) in [6.07, 6.45) is 8.78. The van der Waals surface area contributed by atoms with Gasteiger partial charge in [-0.15, -0.1) is 0 Å². The molecule has 5 heteroatoms. The fourth-order valence-corrected chi connectivity index (χ4v) is 4.53. The van der Waals surface area contributed by atoms with Gasteiger partial charge in [0.05, 0.1) is 18.8 Å². The summed E-state index contributed by atoms with van der Waals surface area (Å²) in [5.74, 6) is -0.165. The van der Waals surface area contributed by atoms with Crippen LogP contribution >= 0.6 is 0 Å². The number of aliphatic hydroxyl groups is 1. The Balaban J connectivity index is 1.89. The summed E-state index contributed by atoms with van der Waals surface area (Å²) in [6, 6.07) is 12.3. The summed E-state index contributed by atoms with van der Waals surface area (Å²) < 4.78 is 12.1. The van der Waals surface area contributed by atoms with Gasteiger partial charge >= 0.3 is 0 Å². The van der Waals surface area contributed by atoms with Crippen molar-refractivity contribution in [3.8, 4) is 6.07 Å². The first-order valence-electron chi connectivity index (χ1n) is 10.5. The molecule has 1 aromatic rings. The van der Waals surface area contributed by atoms with Crippen molar-refractivity contribution < 1.29 is 14.6 Å². The molecule has 1 fully saturated rings. The van der Waals surface area contributed by atoms with Gasteiger partial charge < -0.3 is 19.5 Å². The maximum Gasteiger partial charge on any atom is 0.140 e. The smallest absolute Gasteiger partial charge is 0.140 e. The molecule has 2 aliphatic heterocycles. The van der Waals surface area contributed by atoms with Crippen LogP contribution in [-0.4, -0.2) is 41.6 Å². The SMILES string of the molecule is CCCC/C=C/C(O)[C@@H]1C=C(C#N)N2[C@@H](COC)[C@H](c3ccccc3)O[C@]2(C)C1. The van der Waals surface area contributed by atoms with Crippen molar-refractivity contribution in [1.29, 1.82) is 5.26 Å². The van der Waals surface area contributed by atoms with Gasteiger partial charge in [-0.1, -0.05) is 62.2 Å². The molecule has 0 aromatic heterocycles. The second-order valence-electron chi connectivity index (χ2n) is 8.11. The number of nitriles is 1. The van der Waals surface area contributed by atoms with Crippen LogP contribution in [0.2, 0.25) is 0 Å². The summed E-state index contributed by atoms with van der Waals surface area (Å²) in [5, 5.41) is 20.6. The maximum absolute atomic E-state index is 10.7. The molecular formula is C24H32N2O3. The number of methoxy groups -OCH3 is 1. The van der Waals surface area contributed by atoms with E-state index >= 15 is 0 Å². The van der Waals surface area contributed by atoms with Crippen molar-refractivity contribution in [3.05, 3.63) is 59.8 Å². The third kappa shape index (κ3) is 4.56. The molecule has 156 valence electrons. The van der Waals surface area contributed by atoms with Crippen LogP contribution in [0.3, 0.4) is 0 Å². The first kappa shape index (κ1) is 21.6. The normalized spacial score (nSPS) is 30.1. The minimum atomic E-state index is -0.674. The van der Waals surface area contributed by atoms with E-state index in [2.05, 4.69) is 17.9 Å². The van der Waals surface area contributed by atoms with E-state index in [0.717, 1.165) is 24.8 Å². The van der Waals surface area contributed by atoms with Gasteiger partial charge in [0.25, 0.3) is 0 Å². The Kier molecular flexibility index (Phi) is 7.13. The molecule has 0 radical (unpaired) electrons. The average molecular weight is 397 g/mol. The minimum Gasteiger partial charge on any atom is -0.388 e. The van der Waals surface area contributed by atoms with E-state index in [1.165, 1.54) is 0 Å². The van der Waals surface area contributed by atoms with E-state index < -0.39 is 11.8 Å². The second-order valence-corrected chi connectivity index (χ2v) is 8.11. The highest BCUT2D eigenvalue weighted by atomic mass is 16.5. The van der Waals surface area contributed by atoms with Crippen LogP contribution in [0.4, 0.5) is 0 Å². The highest BCUT2D eigenvalue weighted by Crippen LogP contribution is 2.49. The van der Waals surface area contributed by atoms with E-state index in [-0.39, 0.29) is 18.1 Å². The fourth-order valence-electron chi connectivity index (χ4n) is 4.53. The Morgan fingerprint density at radius 2 is 2.17 bits per heavy atom. The van der Waals surface area contributed by atoms with Crippen LogP contribution in [0.25, 0.3) is 0 Å². The highest BCUT2D eigenvalue weighted by Gasteiger charge is 2.54. The van der Waals surface area contributed by atoms with E-state index in [1.807, 2.05) is 55.5 Å². The predicted molar refractivity (Wildman–Crippen MR) is 113 cm³/mol. The molecule has 0 aliphatic carbocycles. The van der Waals surface area contributed by atoms with Crippen molar-refractivity contribution in [3.63, 3.8) is 0 Å². The van der Waals surface area contributed by atoms with Crippen LogP contribution in [-0.2, 0) is 9.47 Å². The molecule has 1 unspecified atom stereocenters. The lowest BCUT2D eigenvalue weighted by molar-refractivity contribution is -0.104. The molecule has 0 bridgehead atoms. The summed E-state index contributed by atoms with van der Waals surface area (Å²) in [6.45, 7) is 4.63. The molecule has 1 saturated heterocycles. The largest absolute Gasteiger partial charge is 0.388 e. The monoisotopic (exact) mass is 396 g/mol. The van der Waals surface area contributed by atoms with Gasteiger partial charge in [-0.25, -0.2) is 0 Å². The van der Waals surface area contributed by atoms with Crippen LogP contribution in [0, 0.1) is 17.2 Å². The van der Waals surface area contributed by atoms with Crippen LogP contribution in [0.5, 0.6) is 0 Å². The topological polar surface area (TPSA) is 65.7 Å². The van der Waals surface area contributed by atoms with Crippen molar-refractivity contribution in [2.75, 3.05) is 13.7 Å². The average Bonchev–Trinajstić information content (AvgIpc) is 3.03. The molecule has 1 aromatic carbocycles. The minimum absolute atomic E-state index is 0.100. The summed E-state index contributed by atoms with van der Waals surface area (Å²) in [7, 11) is 1.67. The van der Waals surface area contributed by atoms with E-state index in [1.54, 1.807) is 7.11 Å². The molecule has 0 spiro atoms. The van der Waals surface area contributed by atoms with Gasteiger partial charge in [0.2, 0.25) is 0 Å². The number of rotatable bonds is 8. The number of benzene rings is 1. The van der Waals surface area contributed by atoms with Crippen LogP contribution in [0.1, 0.15) is 51.2 Å². The molecule has 3 rings (SSSR count). The Morgan fingerprint density at radius 3 is 2.83 bits per heavy atom. The number of hydrogen-bond acceptors (Lipinski definition) is 5. The molecule has 1 N–H and O–H groups in total. The number of allylic oxidation sites excluding steroid dienone is 2. The zero-order valence-electron chi connectivity index (χ0n) is 17.6. The highest BCUT2D eigenvalue weighted by molar-refractivity contribution is 5.32. The van der Waals surface area contributed by atoms with Gasteiger partial charge in [0.15, 0.2) is 0 Å². The quantitative estimate of drug-likeness (QED) is 0.523. The van der Waals surface area contributed by atoms with Gasteiger partial charge in [0, 0.05) is 19.4 Å². The molecule has 2 aliphatic rings. The van der Waals surface area contributed by atoms with Gasteiger partial charge in [0.1, 0.15) is 23.6 Å². The molecule has 0 amide bonds. The maximum atomic E-state index is 10.7. The molecule has 2 heterocycles. The van der Waals surface area contributed by atoms with Crippen LogP contribution in [0.15, 0.2) is 54.3 Å². The first-order valence-corrected chi connectivity index (χ1v) is 10.5. The lowest BCUT2D eigenvalue weighted by Gasteiger charge is -2.43. The number of unbranched alkanes of at least 4 members (excludes halogenated alkanes) is 2. The van der Waals surface area contributed by atoms with Crippen molar-refractivity contribution >= 4 is 0 Å². The zero-order valence-corrected chi connectivity index (χ0v) is 17.6. The molecule has 5 atom stereocenters. The Bertz CT molecular complexity index is 770. The number of ether oxygens (including phenoxy) is 2. The predicted octanol–water partition coefficient (Wildman–Crippen LogP) is 4.33. The van der Waals surface area contributed by atoms with Gasteiger partial charge in [-0.2, -0.15) is 5.26 Å². The zero-order chi connectivity index (χ0) is 20.9. The first-order chi connectivity index (χ1) is 14.0. The van der Waals surface area contributed by atoms with Crippen LogP contribution < -0.4 is 0 Å². The number of fused-ring (bicyclic) bond motifs is 1. The summed E-state index contributed by atoms with van der Waals surface area (Å²) >= 11 is 0. The number of nitrogens with zero attached hydrogens (tertiary/aromatic N) is 2. The van der Waals surface area contributed by atoms with Crippen molar-refractivity contribution in [2.24, 2.45) is 5.92 Å². The standard InChI is InChI=1S/C24H32N2O3/c1-4-5-6-10-13-22(27)19-14-20(16-25)26-21(17-28-3)23(29-24(26,2)15-19)18-11-8-7-9-12-18/h7-14,19,21-23,27H,4-6,15,17H2,1-3H3/b13-10+/t19-,21+,22?,23+,24-/m1/s1. The second kappa shape index (κ2) is 9.58. The number of aliphatic hydroxyl groups excluding tert-OH is 1. The van der Waals surface area contributed by atoms with Crippen molar-refractivity contribution in [2.45, 2.75) is 63.5 Å². The third-order valence-electron chi connectivity index (χ3n) is 5.89. The molecule has 0 saturated carbocycles. The third-order valence-corrected chi connectivity index (χ3v) is 5.89. The molecule has 29 heavy (non-hydrogen) atoms. The van der Waals surface area contributed by atoms with E-state index in [4.69, 9.17) is 9.47 Å². The molecular weight excluding hydrogens is 364 g/mol. The lowest BCUT2D eigenvalue weighted by atomic mass is 9.86. The van der Waals surface area contributed by atoms with Gasteiger partial charge in [-0.3, -0.25) is 0 Å². The number of hydrogen-bond donors (Lipinski definition) is 1.